The number of hydrogen-bond acceptors (Lipinski definition) is 8. The Balaban J connectivity index is 1.28. The maximum atomic E-state index is 5.49. The number of anilines is 4. The minimum atomic E-state index is 0.296. The van der Waals surface area contributed by atoms with Crippen molar-refractivity contribution >= 4 is 57.5 Å². The Hall–Kier alpha value is -5.64. The van der Waals surface area contributed by atoms with Gasteiger partial charge in [-0.25, -0.2) is 5.43 Å². The molecule has 3 N–H and O–H groups in total. The summed E-state index contributed by atoms with van der Waals surface area (Å²) in [5, 5.41) is 14.4. The molecule has 3 aromatic carbocycles. The largest absolute Gasteiger partial charge is 0.495 e. The molecule has 41 heavy (non-hydrogen) atoms. The van der Waals surface area contributed by atoms with E-state index in [-0.39, 0.29) is 0 Å². The van der Waals surface area contributed by atoms with Gasteiger partial charge in [-0.1, -0.05) is 48.5 Å². The molecule has 0 atom stereocenters. The molecule has 0 fully saturated rings. The van der Waals surface area contributed by atoms with Gasteiger partial charge in [-0.2, -0.15) is 20.2 Å². The topological polar surface area (TPSA) is 106 Å². The maximum absolute atomic E-state index is 5.49. The number of rotatable bonds is 9. The van der Waals surface area contributed by atoms with Crippen LogP contribution in [0.2, 0.25) is 0 Å². The molecule has 0 saturated carbocycles. The molecule has 6 rings (SSSR count). The van der Waals surface area contributed by atoms with Crippen LogP contribution in [0.4, 0.5) is 23.3 Å². The average molecular weight is 544 g/mol. The molecule has 10 heteroatoms. The molecule has 3 aromatic heterocycles. The van der Waals surface area contributed by atoms with Gasteiger partial charge in [-0.15, -0.1) is 0 Å². The number of aromatic nitrogens is 4. The normalized spacial score (nSPS) is 11.6. The predicted octanol–water partition coefficient (Wildman–Crippen LogP) is 6.10. The molecule has 0 aliphatic rings. The molecule has 10 nitrogen and oxygen atoms in total. The lowest BCUT2D eigenvalue weighted by Crippen LogP contribution is -2.04. The van der Waals surface area contributed by atoms with E-state index in [1.54, 1.807) is 25.6 Å². The number of nitrogens with zero attached hydrogens (tertiary/aromatic N) is 6. The lowest BCUT2D eigenvalue weighted by atomic mass is 10.2. The van der Waals surface area contributed by atoms with Crippen LogP contribution in [0, 0.1) is 0 Å². The van der Waals surface area contributed by atoms with E-state index < -0.39 is 0 Å². The molecular weight excluding hydrogens is 514 g/mol. The van der Waals surface area contributed by atoms with E-state index in [1.165, 1.54) is 0 Å². The highest BCUT2D eigenvalue weighted by atomic mass is 16.5. The number of hydrogen-bond donors (Lipinski definition) is 3. The summed E-state index contributed by atoms with van der Waals surface area (Å²) in [6.07, 6.45) is 7.62. The highest BCUT2D eigenvalue weighted by Gasteiger charge is 2.09. The van der Waals surface area contributed by atoms with Crippen LogP contribution in [-0.4, -0.2) is 38.6 Å². The standard InChI is InChI=1S/C31H29N9O/c1-39-19-21(23-10-4-7-13-26(23)39)17-32-37-30-16-29(34-25-12-6-9-15-28(25)41-3)35-31(36-30)38-33-18-22-20-40(2)27-14-8-5-11-24(22)27/h4-20H,1-3H3,(H3,34,35,36,37,38). The third-order valence-corrected chi connectivity index (χ3v) is 6.70. The van der Waals surface area contributed by atoms with Gasteiger partial charge in [0.05, 0.1) is 25.2 Å². The molecule has 0 aliphatic heterocycles. The first-order valence-electron chi connectivity index (χ1n) is 13.0. The Bertz CT molecular complexity index is 1790. The van der Waals surface area contributed by atoms with E-state index in [2.05, 4.69) is 69.7 Å². The summed E-state index contributed by atoms with van der Waals surface area (Å²) in [4.78, 5) is 9.18. The second-order valence-corrected chi connectivity index (χ2v) is 9.45. The summed E-state index contributed by atoms with van der Waals surface area (Å²) in [7, 11) is 5.66. The molecule has 3 heterocycles. The van der Waals surface area contributed by atoms with E-state index >= 15 is 0 Å². The lowest BCUT2D eigenvalue weighted by molar-refractivity contribution is 0.417. The third kappa shape index (κ3) is 5.44. The SMILES string of the molecule is COc1ccccc1Nc1cc(NN=Cc2cn(C)c3ccccc23)nc(NN=Cc2cn(C)c3ccccc23)n1. The fourth-order valence-electron chi connectivity index (χ4n) is 4.78. The summed E-state index contributed by atoms with van der Waals surface area (Å²) in [5.74, 6) is 2.01. The number of benzene rings is 3. The zero-order valence-corrected chi connectivity index (χ0v) is 22.9. The Morgan fingerprint density at radius 2 is 1.27 bits per heavy atom. The smallest absolute Gasteiger partial charge is 0.247 e. The van der Waals surface area contributed by atoms with Gasteiger partial charge in [0, 0.05) is 65.5 Å². The van der Waals surface area contributed by atoms with Crippen LogP contribution in [0.25, 0.3) is 21.8 Å². The van der Waals surface area contributed by atoms with Crippen LogP contribution < -0.4 is 20.9 Å². The number of para-hydroxylation sites is 4. The van der Waals surface area contributed by atoms with Crippen LogP contribution in [0.1, 0.15) is 11.1 Å². The van der Waals surface area contributed by atoms with Gasteiger partial charge in [0.25, 0.3) is 0 Å². The predicted molar refractivity (Wildman–Crippen MR) is 167 cm³/mol. The Labute approximate surface area is 237 Å². The summed E-state index contributed by atoms with van der Waals surface area (Å²) in [6.45, 7) is 0. The highest BCUT2D eigenvalue weighted by Crippen LogP contribution is 2.28. The van der Waals surface area contributed by atoms with Crippen molar-refractivity contribution in [2.24, 2.45) is 24.3 Å². The monoisotopic (exact) mass is 543 g/mol. The van der Waals surface area contributed by atoms with Crippen molar-refractivity contribution in [3.63, 3.8) is 0 Å². The number of ether oxygens (including phenoxy) is 1. The van der Waals surface area contributed by atoms with Gasteiger partial charge >= 0.3 is 0 Å². The van der Waals surface area contributed by atoms with E-state index in [0.717, 1.165) is 38.6 Å². The van der Waals surface area contributed by atoms with E-state index in [0.29, 0.717) is 23.3 Å². The molecule has 0 radical (unpaired) electrons. The molecule has 0 saturated heterocycles. The van der Waals surface area contributed by atoms with Crippen LogP contribution in [0.3, 0.4) is 0 Å². The van der Waals surface area contributed by atoms with Crippen molar-refractivity contribution in [3.05, 3.63) is 102 Å². The Morgan fingerprint density at radius 1 is 0.707 bits per heavy atom. The summed E-state index contributed by atoms with van der Waals surface area (Å²) in [6, 6.07) is 25.8. The van der Waals surface area contributed by atoms with Crippen LogP contribution >= 0.6 is 0 Å². The Kier molecular flexibility index (Phi) is 7.02. The van der Waals surface area contributed by atoms with Crippen molar-refractivity contribution in [3.8, 4) is 5.75 Å². The minimum Gasteiger partial charge on any atom is -0.495 e. The zero-order chi connectivity index (χ0) is 28.2. The quantitative estimate of drug-likeness (QED) is 0.150. The number of hydrazone groups is 2. The second-order valence-electron chi connectivity index (χ2n) is 9.45. The molecule has 6 aromatic rings. The van der Waals surface area contributed by atoms with E-state index in [9.17, 15) is 0 Å². The fourth-order valence-corrected chi connectivity index (χ4v) is 4.78. The van der Waals surface area contributed by atoms with Gasteiger partial charge in [0.2, 0.25) is 5.95 Å². The lowest BCUT2D eigenvalue weighted by Gasteiger charge is -2.12. The van der Waals surface area contributed by atoms with Gasteiger partial charge < -0.3 is 19.2 Å². The number of methoxy groups -OCH3 is 1. The van der Waals surface area contributed by atoms with Crippen molar-refractivity contribution < 1.29 is 4.74 Å². The number of aryl methyl sites for hydroxylation is 2. The van der Waals surface area contributed by atoms with Gasteiger partial charge in [-0.3, -0.25) is 5.43 Å². The maximum Gasteiger partial charge on any atom is 0.247 e. The van der Waals surface area contributed by atoms with Crippen molar-refractivity contribution in [1.29, 1.82) is 0 Å². The fraction of sp³-hybridized carbons (Fsp3) is 0.0968. The van der Waals surface area contributed by atoms with Crippen molar-refractivity contribution in [2.75, 3.05) is 23.3 Å². The summed E-state index contributed by atoms with van der Waals surface area (Å²) >= 11 is 0. The number of nitrogens with one attached hydrogen (secondary N) is 3. The molecular formula is C31H29N9O. The first kappa shape index (κ1) is 25.6. The van der Waals surface area contributed by atoms with Crippen molar-refractivity contribution in [1.82, 2.24) is 19.1 Å². The molecule has 0 unspecified atom stereocenters. The van der Waals surface area contributed by atoms with Gasteiger partial charge in [0.15, 0.2) is 5.82 Å². The first-order valence-corrected chi connectivity index (χ1v) is 13.0. The minimum absolute atomic E-state index is 0.296. The molecule has 0 aliphatic carbocycles. The van der Waals surface area contributed by atoms with Gasteiger partial charge in [0.1, 0.15) is 11.6 Å². The van der Waals surface area contributed by atoms with E-state index in [4.69, 9.17) is 4.74 Å². The highest BCUT2D eigenvalue weighted by molar-refractivity contribution is 6.00. The third-order valence-electron chi connectivity index (χ3n) is 6.70. The zero-order valence-electron chi connectivity index (χ0n) is 22.9. The van der Waals surface area contributed by atoms with Gasteiger partial charge in [-0.05, 0) is 24.3 Å². The average Bonchev–Trinajstić information content (AvgIpc) is 3.49. The molecule has 204 valence electrons. The molecule has 0 amide bonds. The number of fused-ring (bicyclic) bond motifs is 2. The molecule has 0 spiro atoms. The van der Waals surface area contributed by atoms with Crippen molar-refractivity contribution in [2.45, 2.75) is 0 Å². The second kappa shape index (κ2) is 11.2. The summed E-state index contributed by atoms with van der Waals surface area (Å²) in [5.41, 5.74) is 11.0. The summed E-state index contributed by atoms with van der Waals surface area (Å²) < 4.78 is 9.64. The first-order chi connectivity index (χ1) is 20.1. The van der Waals surface area contributed by atoms with Crippen LogP contribution in [-0.2, 0) is 14.1 Å². The van der Waals surface area contributed by atoms with Crippen LogP contribution in [0.15, 0.2) is 101 Å². The molecule has 0 bridgehead atoms. The van der Waals surface area contributed by atoms with Crippen LogP contribution in [0.5, 0.6) is 5.75 Å². The van der Waals surface area contributed by atoms with E-state index in [1.807, 2.05) is 75.0 Å². The Morgan fingerprint density at radius 3 is 1.93 bits per heavy atom.